The Labute approximate surface area is 142 Å². The molecule has 0 saturated heterocycles. The van der Waals surface area contributed by atoms with Crippen molar-refractivity contribution in [3.8, 4) is 0 Å². The minimum Gasteiger partial charge on any atom is -0.0616 e. The van der Waals surface area contributed by atoms with Crippen molar-refractivity contribution in [2.24, 2.45) is 0 Å². The third kappa shape index (κ3) is 2.30. The molecule has 0 saturated carbocycles. The van der Waals surface area contributed by atoms with Crippen molar-refractivity contribution in [3.05, 3.63) is 95.1 Å². The zero-order chi connectivity index (χ0) is 15.9. The van der Waals surface area contributed by atoms with Crippen LogP contribution < -0.4 is 0 Å². The van der Waals surface area contributed by atoms with Crippen LogP contribution in [0.2, 0.25) is 0 Å². The summed E-state index contributed by atoms with van der Waals surface area (Å²) in [6, 6.07) is 27.5. The molecule has 0 fully saturated rings. The maximum atomic E-state index is 2.40. The topological polar surface area (TPSA) is 0 Å². The Bertz CT molecular complexity index is 954. The lowest BCUT2D eigenvalue weighted by atomic mass is 9.90. The second-order valence-corrected chi connectivity index (χ2v) is 6.95. The Hall–Kier alpha value is -2.60. The molecule has 0 aliphatic heterocycles. The minimum absolute atomic E-state index is 1.11. The van der Waals surface area contributed by atoms with Crippen LogP contribution in [0.5, 0.6) is 0 Å². The number of aryl methyl sites for hydroxylation is 4. The number of hydrogen-bond acceptors (Lipinski definition) is 0. The van der Waals surface area contributed by atoms with Gasteiger partial charge < -0.3 is 0 Å². The molecule has 8 rings (SSSR count). The molecule has 0 amide bonds. The molecule has 0 atom stereocenters. The molecular formula is C24H20. The molecular weight excluding hydrogens is 288 g/mol. The lowest BCUT2D eigenvalue weighted by molar-refractivity contribution is 0.934. The van der Waals surface area contributed by atoms with Gasteiger partial charge in [0.05, 0.1) is 0 Å². The van der Waals surface area contributed by atoms with E-state index < -0.39 is 0 Å². The van der Waals surface area contributed by atoms with Crippen LogP contribution in [0.3, 0.4) is 0 Å². The van der Waals surface area contributed by atoms with Gasteiger partial charge in [0.25, 0.3) is 0 Å². The standard InChI is InChI=1S/C24H20/c1-2-4-22-16-24-20-12-10-18-7-5-17(6-8-18)9-11-19(13-14-20)23(24)15-21(22)3-1/h1-8,13-16H,9-12H2. The van der Waals surface area contributed by atoms with Gasteiger partial charge in [0.15, 0.2) is 0 Å². The number of rotatable bonds is 0. The molecule has 4 aliphatic carbocycles. The first-order valence-electron chi connectivity index (χ1n) is 8.88. The van der Waals surface area contributed by atoms with E-state index in [1.807, 2.05) is 0 Å². The zero-order valence-electron chi connectivity index (χ0n) is 13.8. The van der Waals surface area contributed by atoms with E-state index in [-0.39, 0.29) is 0 Å². The van der Waals surface area contributed by atoms with Crippen LogP contribution in [0.4, 0.5) is 0 Å². The molecule has 4 aromatic carbocycles. The molecule has 0 heterocycles. The maximum absolute atomic E-state index is 2.40. The number of fused-ring (bicyclic) bond motifs is 1. The van der Waals surface area contributed by atoms with Crippen LogP contribution in [0.1, 0.15) is 22.3 Å². The van der Waals surface area contributed by atoms with Crippen LogP contribution in [-0.2, 0) is 25.7 Å². The van der Waals surface area contributed by atoms with Gasteiger partial charge in [-0.3, -0.25) is 0 Å². The van der Waals surface area contributed by atoms with Crippen LogP contribution in [0, 0.1) is 0 Å². The Morgan fingerprint density at radius 2 is 0.917 bits per heavy atom. The molecule has 0 spiro atoms. The average molecular weight is 308 g/mol. The molecule has 0 heteroatoms. The van der Waals surface area contributed by atoms with Crippen molar-refractivity contribution in [2.75, 3.05) is 0 Å². The maximum Gasteiger partial charge on any atom is -0.0143 e. The van der Waals surface area contributed by atoms with Crippen molar-refractivity contribution in [1.29, 1.82) is 0 Å². The summed E-state index contributed by atoms with van der Waals surface area (Å²) in [5.74, 6) is 0. The normalized spacial score (nSPS) is 14.0. The second-order valence-electron chi connectivity index (χ2n) is 6.95. The van der Waals surface area contributed by atoms with Gasteiger partial charge in [-0.25, -0.2) is 0 Å². The third-order valence-corrected chi connectivity index (χ3v) is 5.45. The largest absolute Gasteiger partial charge is 0.0616 e. The van der Waals surface area contributed by atoms with E-state index in [9.17, 15) is 0 Å². The van der Waals surface area contributed by atoms with E-state index in [0.717, 1.165) is 25.7 Å². The van der Waals surface area contributed by atoms with E-state index in [2.05, 4.69) is 72.8 Å². The predicted molar refractivity (Wildman–Crippen MR) is 103 cm³/mol. The van der Waals surface area contributed by atoms with E-state index in [0.29, 0.717) is 0 Å². The highest BCUT2D eigenvalue weighted by atomic mass is 14.1. The van der Waals surface area contributed by atoms with Crippen molar-refractivity contribution >= 4 is 21.5 Å². The van der Waals surface area contributed by atoms with Gasteiger partial charge >= 0.3 is 0 Å². The first-order chi connectivity index (χ1) is 11.9. The first-order valence-corrected chi connectivity index (χ1v) is 8.88. The fraction of sp³-hybridized carbons (Fsp3) is 0.167. The van der Waals surface area contributed by atoms with Crippen LogP contribution in [0.25, 0.3) is 21.5 Å². The highest BCUT2D eigenvalue weighted by Gasteiger charge is 2.10. The summed E-state index contributed by atoms with van der Waals surface area (Å²) >= 11 is 0. The highest BCUT2D eigenvalue weighted by molar-refractivity contribution is 6.01. The Morgan fingerprint density at radius 3 is 1.38 bits per heavy atom. The molecule has 0 unspecified atom stereocenters. The lowest BCUT2D eigenvalue weighted by Gasteiger charge is -2.15. The first kappa shape index (κ1) is 13.8. The van der Waals surface area contributed by atoms with Crippen molar-refractivity contribution in [2.45, 2.75) is 25.7 Å². The van der Waals surface area contributed by atoms with Gasteiger partial charge in [-0.05, 0) is 81.6 Å². The summed E-state index contributed by atoms with van der Waals surface area (Å²) in [5.41, 5.74) is 5.84. The second kappa shape index (κ2) is 5.49. The number of hydrogen-bond donors (Lipinski definition) is 0. The predicted octanol–water partition coefficient (Wildman–Crippen LogP) is 5.88. The molecule has 0 radical (unpaired) electrons. The fourth-order valence-corrected chi connectivity index (χ4v) is 4.02. The lowest BCUT2D eigenvalue weighted by Crippen LogP contribution is -2.00. The molecule has 24 heavy (non-hydrogen) atoms. The molecule has 0 nitrogen and oxygen atoms in total. The van der Waals surface area contributed by atoms with E-state index >= 15 is 0 Å². The molecule has 116 valence electrons. The summed E-state index contributed by atoms with van der Waals surface area (Å²) < 4.78 is 0. The van der Waals surface area contributed by atoms with Gasteiger partial charge in [0.1, 0.15) is 0 Å². The Balaban J connectivity index is 1.76. The summed E-state index contributed by atoms with van der Waals surface area (Å²) in [7, 11) is 0. The number of benzene rings is 4. The molecule has 4 aliphatic rings. The molecule has 0 aromatic heterocycles. The van der Waals surface area contributed by atoms with Gasteiger partial charge in [-0.15, -0.1) is 0 Å². The van der Waals surface area contributed by atoms with Gasteiger partial charge in [-0.1, -0.05) is 60.7 Å². The van der Waals surface area contributed by atoms with Crippen LogP contribution >= 0.6 is 0 Å². The summed E-state index contributed by atoms with van der Waals surface area (Å²) in [5, 5.41) is 5.58. The minimum atomic E-state index is 1.11. The molecule has 4 bridgehead atoms. The SMILES string of the molecule is c1ccc2cc3c4ccc(c3cc2c1)CCc1ccc(cc1)CC4. The van der Waals surface area contributed by atoms with E-state index in [1.165, 1.54) is 43.8 Å². The Kier molecular flexibility index (Phi) is 3.16. The smallest absolute Gasteiger partial charge is 0.0143 e. The zero-order valence-corrected chi connectivity index (χ0v) is 13.8. The average Bonchev–Trinajstić information content (AvgIpc) is 2.62. The monoisotopic (exact) mass is 308 g/mol. The van der Waals surface area contributed by atoms with Crippen molar-refractivity contribution in [1.82, 2.24) is 0 Å². The summed E-state index contributed by atoms with van der Waals surface area (Å²) in [4.78, 5) is 0. The van der Waals surface area contributed by atoms with Crippen molar-refractivity contribution < 1.29 is 0 Å². The highest BCUT2D eigenvalue weighted by Crippen LogP contribution is 2.30. The van der Waals surface area contributed by atoms with Gasteiger partial charge in [0.2, 0.25) is 0 Å². The fourth-order valence-electron chi connectivity index (χ4n) is 4.02. The Morgan fingerprint density at radius 1 is 0.458 bits per heavy atom. The summed E-state index contributed by atoms with van der Waals surface area (Å²) in [6.07, 6.45) is 4.44. The molecule has 4 aromatic rings. The van der Waals surface area contributed by atoms with Crippen molar-refractivity contribution in [3.63, 3.8) is 0 Å². The van der Waals surface area contributed by atoms with E-state index in [1.54, 1.807) is 0 Å². The van der Waals surface area contributed by atoms with Gasteiger partial charge in [0, 0.05) is 0 Å². The van der Waals surface area contributed by atoms with Crippen LogP contribution in [-0.4, -0.2) is 0 Å². The van der Waals surface area contributed by atoms with Gasteiger partial charge in [-0.2, -0.15) is 0 Å². The summed E-state index contributed by atoms with van der Waals surface area (Å²) in [6.45, 7) is 0. The third-order valence-electron chi connectivity index (χ3n) is 5.45. The molecule has 0 N–H and O–H groups in total. The quantitative estimate of drug-likeness (QED) is 0.356. The van der Waals surface area contributed by atoms with E-state index in [4.69, 9.17) is 0 Å². The van der Waals surface area contributed by atoms with Crippen LogP contribution in [0.15, 0.2) is 72.8 Å².